The Morgan fingerprint density at radius 2 is 1.85 bits per heavy atom. The van der Waals surface area contributed by atoms with Gasteiger partial charge in [0.1, 0.15) is 5.82 Å². The van der Waals surface area contributed by atoms with Crippen molar-refractivity contribution in [3.63, 3.8) is 0 Å². The lowest BCUT2D eigenvalue weighted by atomic mass is 10.2. The third-order valence-electron chi connectivity index (χ3n) is 3.88. The molecule has 2 aromatic heterocycles. The van der Waals surface area contributed by atoms with Gasteiger partial charge >= 0.3 is 5.56 Å². The predicted molar refractivity (Wildman–Crippen MR) is 99.6 cm³/mol. The lowest BCUT2D eigenvalue weighted by molar-refractivity contribution is 0.617. The number of hydrogen-bond acceptors (Lipinski definition) is 4. The van der Waals surface area contributed by atoms with E-state index >= 15 is 0 Å². The molecule has 0 atom stereocenters. The smallest absolute Gasteiger partial charge is 0.280 e. The molecule has 0 fully saturated rings. The monoisotopic (exact) mass is 386 g/mol. The molecule has 0 saturated heterocycles. The normalized spacial score (nSPS) is 11.2. The molecule has 0 bridgehead atoms. The van der Waals surface area contributed by atoms with E-state index in [1.165, 1.54) is 22.4 Å². The van der Waals surface area contributed by atoms with E-state index in [1.807, 2.05) is 30.3 Å². The summed E-state index contributed by atoms with van der Waals surface area (Å²) >= 11 is 7.32. The van der Waals surface area contributed by atoms with Gasteiger partial charge in [0.15, 0.2) is 5.16 Å². The molecule has 2 aromatic carbocycles. The largest absolute Gasteiger partial charge is 0.300 e. The lowest BCUT2D eigenvalue weighted by Crippen LogP contribution is -2.20. The van der Waals surface area contributed by atoms with Crippen LogP contribution in [0.4, 0.5) is 4.39 Å². The molecule has 0 aliphatic rings. The minimum absolute atomic E-state index is 0.207. The minimum atomic E-state index is -0.370. The number of para-hydroxylation sites is 1. The van der Waals surface area contributed by atoms with Gasteiger partial charge in [0.25, 0.3) is 0 Å². The maximum atomic E-state index is 13.9. The van der Waals surface area contributed by atoms with Crippen LogP contribution >= 0.6 is 23.4 Å². The molecule has 0 amide bonds. The molecule has 0 aliphatic heterocycles. The van der Waals surface area contributed by atoms with Crippen molar-refractivity contribution in [1.29, 1.82) is 0 Å². The zero-order valence-electron chi connectivity index (χ0n) is 13.3. The second-order valence-electron chi connectivity index (χ2n) is 5.47. The van der Waals surface area contributed by atoms with Crippen molar-refractivity contribution in [2.24, 2.45) is 0 Å². The average molecular weight is 387 g/mol. The Balaban J connectivity index is 1.68. The molecule has 0 unspecified atom stereocenters. The minimum Gasteiger partial charge on any atom is -0.280 e. The SMILES string of the molecule is O=c1c2nnc(SCc3c(F)cccc3Cl)n2ccn1-c1ccccc1. The van der Waals surface area contributed by atoms with Crippen molar-refractivity contribution in [3.8, 4) is 5.69 Å². The fraction of sp³-hybridized carbons (Fsp3) is 0.0556. The van der Waals surface area contributed by atoms with Crippen molar-refractivity contribution < 1.29 is 4.39 Å². The van der Waals surface area contributed by atoms with Crippen LogP contribution in [0, 0.1) is 5.82 Å². The van der Waals surface area contributed by atoms with E-state index < -0.39 is 0 Å². The van der Waals surface area contributed by atoms with E-state index in [0.717, 1.165) is 5.69 Å². The van der Waals surface area contributed by atoms with Gasteiger partial charge in [-0.1, -0.05) is 47.6 Å². The Morgan fingerprint density at radius 3 is 2.62 bits per heavy atom. The maximum absolute atomic E-state index is 13.9. The molecule has 0 radical (unpaired) electrons. The Labute approximate surface area is 157 Å². The predicted octanol–water partition coefficient (Wildman–Crippen LogP) is 3.97. The summed E-state index contributed by atoms with van der Waals surface area (Å²) in [6, 6.07) is 13.8. The molecule has 130 valence electrons. The summed E-state index contributed by atoms with van der Waals surface area (Å²) in [4.78, 5) is 12.7. The number of thioether (sulfide) groups is 1. The van der Waals surface area contributed by atoms with Gasteiger partial charge in [0, 0.05) is 34.4 Å². The number of halogens is 2. The maximum Gasteiger partial charge on any atom is 0.300 e. The molecule has 5 nitrogen and oxygen atoms in total. The van der Waals surface area contributed by atoms with E-state index in [4.69, 9.17) is 11.6 Å². The molecule has 4 rings (SSSR count). The fourth-order valence-corrected chi connectivity index (χ4v) is 3.82. The van der Waals surface area contributed by atoms with E-state index in [0.29, 0.717) is 15.7 Å². The highest BCUT2D eigenvalue weighted by Crippen LogP contribution is 2.27. The van der Waals surface area contributed by atoms with Crippen LogP contribution < -0.4 is 5.56 Å². The van der Waals surface area contributed by atoms with Gasteiger partial charge < -0.3 is 0 Å². The van der Waals surface area contributed by atoms with Crippen molar-refractivity contribution >= 4 is 29.0 Å². The molecule has 0 aliphatic carbocycles. The van der Waals surface area contributed by atoms with Gasteiger partial charge in [-0.15, -0.1) is 10.2 Å². The second-order valence-corrected chi connectivity index (χ2v) is 6.82. The molecule has 2 heterocycles. The summed E-state index contributed by atoms with van der Waals surface area (Å²) in [7, 11) is 0. The number of aromatic nitrogens is 4. The summed E-state index contributed by atoms with van der Waals surface area (Å²) in [6.07, 6.45) is 3.38. The van der Waals surface area contributed by atoms with Crippen LogP contribution in [0.2, 0.25) is 5.02 Å². The quantitative estimate of drug-likeness (QED) is 0.498. The number of nitrogens with zero attached hydrogens (tertiary/aromatic N) is 4. The second kappa shape index (κ2) is 6.93. The molecule has 4 aromatic rings. The standard InChI is InChI=1S/C18H12ClFN4OS/c19-14-7-4-8-15(20)13(14)11-26-18-22-21-16-17(25)23(9-10-24(16)18)12-5-2-1-3-6-12/h1-10H,11H2. The van der Waals surface area contributed by atoms with Crippen LogP contribution in [0.1, 0.15) is 5.56 Å². The summed E-state index contributed by atoms with van der Waals surface area (Å²) in [5, 5.41) is 8.91. The highest BCUT2D eigenvalue weighted by atomic mass is 35.5. The topological polar surface area (TPSA) is 52.2 Å². The van der Waals surface area contributed by atoms with E-state index in [1.54, 1.807) is 28.9 Å². The van der Waals surface area contributed by atoms with E-state index in [2.05, 4.69) is 10.2 Å². The van der Waals surface area contributed by atoms with Crippen molar-refractivity contribution in [3.05, 3.63) is 87.7 Å². The first-order valence-electron chi connectivity index (χ1n) is 7.72. The lowest BCUT2D eigenvalue weighted by Gasteiger charge is -2.07. The Morgan fingerprint density at radius 1 is 1.04 bits per heavy atom. The highest BCUT2D eigenvalue weighted by Gasteiger charge is 2.14. The van der Waals surface area contributed by atoms with Crippen LogP contribution in [0.25, 0.3) is 11.3 Å². The summed E-state index contributed by atoms with van der Waals surface area (Å²) in [6.45, 7) is 0. The highest BCUT2D eigenvalue weighted by molar-refractivity contribution is 7.98. The molecule has 0 spiro atoms. The van der Waals surface area contributed by atoms with Crippen molar-refractivity contribution in [1.82, 2.24) is 19.2 Å². The number of fused-ring (bicyclic) bond motifs is 1. The van der Waals surface area contributed by atoms with Crippen LogP contribution in [-0.2, 0) is 5.75 Å². The van der Waals surface area contributed by atoms with Gasteiger partial charge in [-0.25, -0.2) is 4.39 Å². The van der Waals surface area contributed by atoms with Crippen LogP contribution in [0.5, 0.6) is 0 Å². The third-order valence-corrected chi connectivity index (χ3v) is 5.20. The summed E-state index contributed by atoms with van der Waals surface area (Å²) in [5.41, 5.74) is 1.07. The Bertz CT molecular complexity index is 1120. The first-order valence-corrected chi connectivity index (χ1v) is 9.09. The number of benzene rings is 2. The van der Waals surface area contributed by atoms with Crippen LogP contribution in [0.15, 0.2) is 70.9 Å². The van der Waals surface area contributed by atoms with Crippen LogP contribution in [0.3, 0.4) is 0 Å². The molecular formula is C18H12ClFN4OS. The van der Waals surface area contributed by atoms with Crippen molar-refractivity contribution in [2.75, 3.05) is 0 Å². The van der Waals surface area contributed by atoms with Crippen LogP contribution in [-0.4, -0.2) is 19.2 Å². The first kappa shape index (κ1) is 16.8. The molecule has 0 saturated carbocycles. The third kappa shape index (κ3) is 3.00. The van der Waals surface area contributed by atoms with E-state index in [-0.39, 0.29) is 22.8 Å². The van der Waals surface area contributed by atoms with Gasteiger partial charge in [-0.3, -0.25) is 13.8 Å². The molecule has 26 heavy (non-hydrogen) atoms. The Hall–Kier alpha value is -2.64. The summed E-state index contributed by atoms with van der Waals surface area (Å²) < 4.78 is 17.0. The first-order chi connectivity index (χ1) is 12.6. The van der Waals surface area contributed by atoms with Gasteiger partial charge in [-0.2, -0.15) is 0 Å². The van der Waals surface area contributed by atoms with E-state index in [9.17, 15) is 9.18 Å². The van der Waals surface area contributed by atoms with Gasteiger partial charge in [-0.05, 0) is 24.3 Å². The van der Waals surface area contributed by atoms with Crippen molar-refractivity contribution in [2.45, 2.75) is 10.9 Å². The zero-order valence-corrected chi connectivity index (χ0v) is 14.9. The fourth-order valence-electron chi connectivity index (χ4n) is 2.56. The average Bonchev–Trinajstić information content (AvgIpc) is 3.06. The Kier molecular flexibility index (Phi) is 4.48. The number of rotatable bonds is 4. The van der Waals surface area contributed by atoms with Gasteiger partial charge in [0.05, 0.1) is 0 Å². The number of hydrogen-bond donors (Lipinski definition) is 0. The van der Waals surface area contributed by atoms with Gasteiger partial charge in [0.2, 0.25) is 5.65 Å². The summed E-state index contributed by atoms with van der Waals surface area (Å²) in [5.74, 6) is -0.0844. The zero-order chi connectivity index (χ0) is 18.1. The molecule has 0 N–H and O–H groups in total. The molecular weight excluding hydrogens is 375 g/mol. The molecule has 8 heteroatoms.